The molecule has 0 saturated heterocycles. The van der Waals surface area contributed by atoms with Crippen LogP contribution in [0.5, 0.6) is 5.75 Å². The Morgan fingerprint density at radius 3 is 2.90 bits per heavy atom. The Morgan fingerprint density at radius 2 is 2.14 bits per heavy atom. The maximum atomic E-state index is 5.93. The van der Waals surface area contributed by atoms with Crippen LogP contribution in [-0.2, 0) is 6.54 Å². The average Bonchev–Trinajstić information content (AvgIpc) is 2.97. The number of aromatic nitrogens is 1. The lowest BCUT2D eigenvalue weighted by Crippen LogP contribution is -2.18. The van der Waals surface area contributed by atoms with E-state index in [1.807, 2.05) is 42.5 Å². The number of ether oxygens (including phenoxy) is 1. The van der Waals surface area contributed by atoms with Gasteiger partial charge in [-0.1, -0.05) is 18.2 Å². The van der Waals surface area contributed by atoms with Crippen LogP contribution in [0.4, 0.5) is 0 Å². The van der Waals surface area contributed by atoms with Crippen LogP contribution in [0.1, 0.15) is 24.4 Å². The van der Waals surface area contributed by atoms with E-state index in [0.29, 0.717) is 6.54 Å². The quantitative estimate of drug-likeness (QED) is 0.775. The van der Waals surface area contributed by atoms with Crippen molar-refractivity contribution in [3.05, 3.63) is 60.1 Å². The van der Waals surface area contributed by atoms with Gasteiger partial charge in [-0.3, -0.25) is 4.98 Å². The molecule has 3 rings (SSSR count). The molecule has 0 spiro atoms. The van der Waals surface area contributed by atoms with Crippen LogP contribution in [0.25, 0.3) is 11.0 Å². The highest BCUT2D eigenvalue weighted by atomic mass is 16.5. The molecule has 2 aromatic heterocycles. The summed E-state index contributed by atoms with van der Waals surface area (Å²) < 4.78 is 11.3. The number of hydrogen-bond acceptors (Lipinski definition) is 4. The number of furan rings is 1. The van der Waals surface area contributed by atoms with Gasteiger partial charge < -0.3 is 14.5 Å². The summed E-state index contributed by atoms with van der Waals surface area (Å²) in [5.41, 5.74) is 1.81. The third-order valence-corrected chi connectivity index (χ3v) is 3.49. The number of hydrogen-bond donors (Lipinski definition) is 1. The Bertz CT molecular complexity index is 722. The molecule has 0 radical (unpaired) electrons. The summed E-state index contributed by atoms with van der Waals surface area (Å²) in [6, 6.07) is 13.9. The minimum absolute atomic E-state index is 0.101. The van der Waals surface area contributed by atoms with Crippen molar-refractivity contribution in [2.24, 2.45) is 0 Å². The molecule has 0 amide bonds. The zero-order valence-corrected chi connectivity index (χ0v) is 12.2. The first-order valence-electron chi connectivity index (χ1n) is 6.97. The first kappa shape index (κ1) is 13.6. The number of rotatable bonds is 5. The van der Waals surface area contributed by atoms with Crippen LogP contribution in [0.2, 0.25) is 0 Å². The summed E-state index contributed by atoms with van der Waals surface area (Å²) in [5, 5.41) is 4.47. The van der Waals surface area contributed by atoms with Crippen molar-refractivity contribution in [1.29, 1.82) is 0 Å². The van der Waals surface area contributed by atoms with Crippen molar-refractivity contribution in [2.75, 3.05) is 7.11 Å². The number of nitrogens with one attached hydrogen (secondary N) is 1. The lowest BCUT2D eigenvalue weighted by atomic mass is 10.2. The van der Waals surface area contributed by atoms with Crippen molar-refractivity contribution in [1.82, 2.24) is 10.3 Å². The average molecular weight is 282 g/mol. The second-order valence-electron chi connectivity index (χ2n) is 4.95. The Hall–Kier alpha value is -2.33. The second kappa shape index (κ2) is 5.97. The number of benzene rings is 1. The van der Waals surface area contributed by atoms with E-state index >= 15 is 0 Å². The van der Waals surface area contributed by atoms with E-state index in [2.05, 4.69) is 17.2 Å². The predicted molar refractivity (Wildman–Crippen MR) is 82.3 cm³/mol. The predicted octanol–water partition coefficient (Wildman–Crippen LogP) is 3.69. The van der Waals surface area contributed by atoms with Gasteiger partial charge in [-0.15, -0.1) is 0 Å². The molecule has 4 nitrogen and oxygen atoms in total. The maximum Gasteiger partial charge on any atom is 0.176 e. The SMILES string of the molecule is COc1cccc2cc([C@@H](C)NCc3ccccn3)oc12. The van der Waals surface area contributed by atoms with Gasteiger partial charge in [-0.2, -0.15) is 0 Å². The van der Waals surface area contributed by atoms with Crippen LogP contribution in [-0.4, -0.2) is 12.1 Å². The molecule has 1 aromatic carbocycles. The molecule has 21 heavy (non-hydrogen) atoms. The summed E-state index contributed by atoms with van der Waals surface area (Å²) in [4.78, 5) is 4.30. The van der Waals surface area contributed by atoms with E-state index in [4.69, 9.17) is 9.15 Å². The molecule has 0 saturated carbocycles. The van der Waals surface area contributed by atoms with Crippen LogP contribution in [0.3, 0.4) is 0 Å². The Balaban J connectivity index is 1.77. The summed E-state index contributed by atoms with van der Waals surface area (Å²) in [6.45, 7) is 2.78. The first-order chi connectivity index (χ1) is 10.3. The molecule has 4 heteroatoms. The van der Waals surface area contributed by atoms with Gasteiger partial charge in [0.05, 0.1) is 18.8 Å². The van der Waals surface area contributed by atoms with Gasteiger partial charge in [-0.05, 0) is 31.2 Å². The molecule has 3 aromatic rings. The fraction of sp³-hybridized carbons (Fsp3) is 0.235. The van der Waals surface area contributed by atoms with E-state index in [0.717, 1.165) is 28.2 Å². The molecule has 0 fully saturated rings. The van der Waals surface area contributed by atoms with E-state index in [9.17, 15) is 0 Å². The van der Waals surface area contributed by atoms with E-state index in [1.165, 1.54) is 0 Å². The summed E-state index contributed by atoms with van der Waals surface area (Å²) in [7, 11) is 1.65. The van der Waals surface area contributed by atoms with Crippen LogP contribution in [0.15, 0.2) is 53.1 Å². The smallest absolute Gasteiger partial charge is 0.176 e. The molecule has 0 bridgehead atoms. The van der Waals surface area contributed by atoms with Crippen molar-refractivity contribution in [3.63, 3.8) is 0 Å². The van der Waals surface area contributed by atoms with Gasteiger partial charge in [0.25, 0.3) is 0 Å². The highest BCUT2D eigenvalue weighted by Crippen LogP contribution is 2.30. The van der Waals surface area contributed by atoms with Crippen LogP contribution in [0, 0.1) is 0 Å². The number of pyridine rings is 1. The molecule has 0 aliphatic heterocycles. The lowest BCUT2D eigenvalue weighted by molar-refractivity contribution is 0.399. The van der Waals surface area contributed by atoms with Crippen LogP contribution < -0.4 is 10.1 Å². The lowest BCUT2D eigenvalue weighted by Gasteiger charge is -2.10. The van der Waals surface area contributed by atoms with Gasteiger partial charge in [-0.25, -0.2) is 0 Å². The molecule has 1 atom stereocenters. The third kappa shape index (κ3) is 2.90. The molecular formula is C17H18N2O2. The van der Waals surface area contributed by atoms with E-state index in [-0.39, 0.29) is 6.04 Å². The van der Waals surface area contributed by atoms with Gasteiger partial charge >= 0.3 is 0 Å². The number of nitrogens with zero attached hydrogens (tertiary/aromatic N) is 1. The monoisotopic (exact) mass is 282 g/mol. The largest absolute Gasteiger partial charge is 0.493 e. The van der Waals surface area contributed by atoms with E-state index < -0.39 is 0 Å². The topological polar surface area (TPSA) is 47.3 Å². The van der Waals surface area contributed by atoms with Gasteiger partial charge in [0.15, 0.2) is 11.3 Å². The van der Waals surface area contributed by atoms with Gasteiger partial charge in [0.2, 0.25) is 0 Å². The minimum atomic E-state index is 0.101. The fourth-order valence-corrected chi connectivity index (χ4v) is 2.29. The first-order valence-corrected chi connectivity index (χ1v) is 6.97. The minimum Gasteiger partial charge on any atom is -0.493 e. The Morgan fingerprint density at radius 1 is 1.24 bits per heavy atom. The number of fused-ring (bicyclic) bond motifs is 1. The molecule has 0 aliphatic rings. The molecule has 0 unspecified atom stereocenters. The maximum absolute atomic E-state index is 5.93. The molecule has 108 valence electrons. The molecule has 1 N–H and O–H groups in total. The third-order valence-electron chi connectivity index (χ3n) is 3.49. The van der Waals surface area contributed by atoms with Crippen molar-refractivity contribution >= 4 is 11.0 Å². The van der Waals surface area contributed by atoms with Crippen molar-refractivity contribution in [2.45, 2.75) is 19.5 Å². The standard InChI is InChI=1S/C17H18N2O2/c1-12(19-11-14-7-3-4-9-18-14)16-10-13-6-5-8-15(20-2)17(13)21-16/h3-10,12,19H,11H2,1-2H3/t12-/m1/s1. The van der Waals surface area contributed by atoms with Gasteiger partial charge in [0.1, 0.15) is 5.76 Å². The number of para-hydroxylation sites is 1. The van der Waals surface area contributed by atoms with Crippen molar-refractivity contribution in [3.8, 4) is 5.75 Å². The molecular weight excluding hydrogens is 264 g/mol. The van der Waals surface area contributed by atoms with E-state index in [1.54, 1.807) is 13.3 Å². The summed E-state index contributed by atoms with van der Waals surface area (Å²) in [5.74, 6) is 1.65. The van der Waals surface area contributed by atoms with Gasteiger partial charge in [0, 0.05) is 18.1 Å². The normalized spacial score (nSPS) is 12.5. The zero-order chi connectivity index (χ0) is 14.7. The summed E-state index contributed by atoms with van der Waals surface area (Å²) >= 11 is 0. The fourth-order valence-electron chi connectivity index (χ4n) is 2.29. The molecule has 2 heterocycles. The zero-order valence-electron chi connectivity index (χ0n) is 12.2. The van der Waals surface area contributed by atoms with Crippen LogP contribution >= 0.6 is 0 Å². The highest BCUT2D eigenvalue weighted by Gasteiger charge is 2.13. The van der Waals surface area contributed by atoms with Crippen molar-refractivity contribution < 1.29 is 9.15 Å². The second-order valence-corrected chi connectivity index (χ2v) is 4.95. The Labute approximate surface area is 123 Å². The number of methoxy groups -OCH3 is 1. The molecule has 0 aliphatic carbocycles. The summed E-state index contributed by atoms with van der Waals surface area (Å²) in [6.07, 6.45) is 1.80. The Kier molecular flexibility index (Phi) is 3.88. The highest BCUT2D eigenvalue weighted by molar-refractivity contribution is 5.83.